The molecule has 1 unspecified atom stereocenters. The number of likely N-dealkylation sites (N-methyl/N-ethyl adjacent to an activating group) is 1. The number of rotatable bonds is 6. The topological polar surface area (TPSA) is 41.1 Å². The molecule has 0 saturated heterocycles. The van der Waals surface area contributed by atoms with Gasteiger partial charge < -0.3 is 10.6 Å². The van der Waals surface area contributed by atoms with Gasteiger partial charge in [-0.15, -0.1) is 24.2 Å². The molecule has 3 nitrogen and oxygen atoms in total. The SMILES string of the molecule is CNC(C)CNC(=O)CSc1cccc2cccc(Cl)c12.Cl. The van der Waals surface area contributed by atoms with Gasteiger partial charge in [0.05, 0.1) is 5.75 Å². The Hall–Kier alpha value is -0.940. The summed E-state index contributed by atoms with van der Waals surface area (Å²) >= 11 is 7.79. The van der Waals surface area contributed by atoms with E-state index in [9.17, 15) is 4.79 Å². The van der Waals surface area contributed by atoms with Gasteiger partial charge in [-0.1, -0.05) is 35.9 Å². The van der Waals surface area contributed by atoms with Crippen molar-refractivity contribution in [2.45, 2.75) is 17.9 Å². The van der Waals surface area contributed by atoms with E-state index < -0.39 is 0 Å². The van der Waals surface area contributed by atoms with Gasteiger partial charge in [0, 0.05) is 27.9 Å². The van der Waals surface area contributed by atoms with Crippen molar-refractivity contribution in [2.75, 3.05) is 19.3 Å². The number of carbonyl (C=O) groups is 1. The Morgan fingerprint density at radius 3 is 2.64 bits per heavy atom. The van der Waals surface area contributed by atoms with Crippen molar-refractivity contribution in [2.24, 2.45) is 0 Å². The third kappa shape index (κ3) is 5.06. The molecule has 0 aliphatic carbocycles. The molecule has 2 N–H and O–H groups in total. The second-order valence-corrected chi connectivity index (χ2v) is 6.30. The van der Waals surface area contributed by atoms with E-state index in [2.05, 4.69) is 10.6 Å². The van der Waals surface area contributed by atoms with Gasteiger partial charge >= 0.3 is 0 Å². The van der Waals surface area contributed by atoms with Gasteiger partial charge in [0.1, 0.15) is 0 Å². The van der Waals surface area contributed by atoms with Crippen LogP contribution in [0.1, 0.15) is 6.92 Å². The van der Waals surface area contributed by atoms with Gasteiger partial charge in [-0.3, -0.25) is 4.79 Å². The molecular weight excluding hydrogens is 339 g/mol. The minimum Gasteiger partial charge on any atom is -0.354 e. The molecule has 0 aromatic heterocycles. The van der Waals surface area contributed by atoms with Gasteiger partial charge in [-0.2, -0.15) is 0 Å². The molecule has 6 heteroatoms. The highest BCUT2D eigenvalue weighted by atomic mass is 35.5. The minimum absolute atomic E-state index is 0. The zero-order valence-corrected chi connectivity index (χ0v) is 14.9. The molecule has 0 aliphatic rings. The molecule has 0 bridgehead atoms. The molecule has 1 atom stereocenters. The Morgan fingerprint density at radius 2 is 1.95 bits per heavy atom. The molecule has 0 aliphatic heterocycles. The highest BCUT2D eigenvalue weighted by Gasteiger charge is 2.08. The Labute approximate surface area is 146 Å². The summed E-state index contributed by atoms with van der Waals surface area (Å²) < 4.78 is 0. The minimum atomic E-state index is 0. The van der Waals surface area contributed by atoms with E-state index in [0.29, 0.717) is 12.3 Å². The van der Waals surface area contributed by atoms with E-state index in [0.717, 1.165) is 20.7 Å². The van der Waals surface area contributed by atoms with Crippen molar-refractivity contribution in [3.63, 3.8) is 0 Å². The van der Waals surface area contributed by atoms with Crippen LogP contribution in [0.3, 0.4) is 0 Å². The van der Waals surface area contributed by atoms with Gasteiger partial charge in [-0.25, -0.2) is 0 Å². The van der Waals surface area contributed by atoms with Gasteiger partial charge in [-0.05, 0) is 31.5 Å². The molecule has 0 heterocycles. The summed E-state index contributed by atoms with van der Waals surface area (Å²) in [4.78, 5) is 12.9. The molecule has 0 radical (unpaired) electrons. The standard InChI is InChI=1S/C16H19ClN2OS.ClH/c1-11(18-2)9-19-15(20)10-21-14-8-4-6-12-5-3-7-13(17)16(12)14;/h3-8,11,18H,9-10H2,1-2H3,(H,19,20);1H. The van der Waals surface area contributed by atoms with Crippen LogP contribution in [-0.2, 0) is 4.79 Å². The molecule has 2 rings (SSSR count). The molecule has 2 aromatic rings. The lowest BCUT2D eigenvalue weighted by molar-refractivity contribution is -0.118. The molecule has 120 valence electrons. The summed E-state index contributed by atoms with van der Waals surface area (Å²) in [5.74, 6) is 0.423. The van der Waals surface area contributed by atoms with E-state index in [-0.39, 0.29) is 24.4 Å². The van der Waals surface area contributed by atoms with Crippen LogP contribution in [0.2, 0.25) is 5.02 Å². The van der Waals surface area contributed by atoms with E-state index in [1.807, 2.05) is 50.4 Å². The molecule has 0 saturated carbocycles. The van der Waals surface area contributed by atoms with Crippen molar-refractivity contribution in [1.82, 2.24) is 10.6 Å². The van der Waals surface area contributed by atoms with Gasteiger partial charge in [0.25, 0.3) is 0 Å². The van der Waals surface area contributed by atoms with Crippen LogP contribution >= 0.6 is 35.8 Å². The monoisotopic (exact) mass is 358 g/mol. The van der Waals surface area contributed by atoms with Crippen LogP contribution < -0.4 is 10.6 Å². The largest absolute Gasteiger partial charge is 0.354 e. The number of fused-ring (bicyclic) bond motifs is 1. The first-order valence-electron chi connectivity index (χ1n) is 6.86. The average molecular weight is 359 g/mol. The Bertz CT molecular complexity index is 631. The van der Waals surface area contributed by atoms with E-state index in [4.69, 9.17) is 11.6 Å². The first kappa shape index (κ1) is 19.1. The summed E-state index contributed by atoms with van der Waals surface area (Å²) in [6.45, 7) is 2.66. The normalized spacial score (nSPS) is 11.8. The zero-order valence-electron chi connectivity index (χ0n) is 12.6. The molecule has 1 amide bonds. The lowest BCUT2D eigenvalue weighted by atomic mass is 10.1. The Balaban J connectivity index is 0.00000242. The van der Waals surface area contributed by atoms with E-state index in [1.54, 1.807) is 0 Å². The van der Waals surface area contributed by atoms with Crippen LogP contribution in [0.15, 0.2) is 41.3 Å². The average Bonchev–Trinajstić information content (AvgIpc) is 2.50. The van der Waals surface area contributed by atoms with E-state index in [1.165, 1.54) is 11.8 Å². The number of thioether (sulfide) groups is 1. The first-order chi connectivity index (χ1) is 10.1. The third-order valence-electron chi connectivity index (χ3n) is 3.27. The van der Waals surface area contributed by atoms with Crippen molar-refractivity contribution < 1.29 is 4.79 Å². The zero-order chi connectivity index (χ0) is 15.2. The summed E-state index contributed by atoms with van der Waals surface area (Å²) in [5.41, 5.74) is 0. The molecule has 0 spiro atoms. The van der Waals surface area contributed by atoms with Crippen LogP contribution in [0.4, 0.5) is 0 Å². The number of carbonyl (C=O) groups excluding carboxylic acids is 1. The fourth-order valence-corrected chi connectivity index (χ4v) is 3.22. The molecular formula is C16H20Cl2N2OS. The van der Waals surface area contributed by atoms with Crippen LogP contribution in [0.5, 0.6) is 0 Å². The Morgan fingerprint density at radius 1 is 1.27 bits per heavy atom. The number of nitrogens with one attached hydrogen (secondary N) is 2. The van der Waals surface area contributed by atoms with Crippen LogP contribution in [0, 0.1) is 0 Å². The lowest BCUT2D eigenvalue weighted by Crippen LogP contribution is -2.37. The van der Waals surface area contributed by atoms with Crippen LogP contribution in [-0.4, -0.2) is 31.3 Å². The maximum Gasteiger partial charge on any atom is 0.230 e. The van der Waals surface area contributed by atoms with Gasteiger partial charge in [0.15, 0.2) is 0 Å². The smallest absolute Gasteiger partial charge is 0.230 e. The first-order valence-corrected chi connectivity index (χ1v) is 8.22. The quantitative estimate of drug-likeness (QED) is 0.773. The summed E-state index contributed by atoms with van der Waals surface area (Å²) in [6, 6.07) is 12.1. The second kappa shape index (κ2) is 9.26. The summed E-state index contributed by atoms with van der Waals surface area (Å²) in [7, 11) is 1.88. The number of benzene rings is 2. The van der Waals surface area contributed by atoms with Crippen molar-refractivity contribution in [1.29, 1.82) is 0 Å². The number of hydrogen-bond acceptors (Lipinski definition) is 3. The molecule has 0 fully saturated rings. The van der Waals surface area contributed by atoms with Crippen molar-refractivity contribution in [3.8, 4) is 0 Å². The fourth-order valence-electron chi connectivity index (χ4n) is 1.95. The highest BCUT2D eigenvalue weighted by Crippen LogP contribution is 2.32. The maximum atomic E-state index is 11.9. The summed E-state index contributed by atoms with van der Waals surface area (Å²) in [5, 5.41) is 8.83. The predicted molar refractivity (Wildman–Crippen MR) is 98.5 cm³/mol. The Kier molecular flexibility index (Phi) is 8.04. The predicted octanol–water partition coefficient (Wildman–Crippen LogP) is 3.73. The lowest BCUT2D eigenvalue weighted by Gasteiger charge is -2.12. The summed E-state index contributed by atoms with van der Waals surface area (Å²) in [6.07, 6.45) is 0. The number of amides is 1. The third-order valence-corrected chi connectivity index (χ3v) is 4.65. The van der Waals surface area contributed by atoms with Crippen LogP contribution in [0.25, 0.3) is 10.8 Å². The van der Waals surface area contributed by atoms with Crippen molar-refractivity contribution in [3.05, 3.63) is 41.4 Å². The number of hydrogen-bond donors (Lipinski definition) is 2. The highest BCUT2D eigenvalue weighted by molar-refractivity contribution is 8.00. The fraction of sp³-hybridized carbons (Fsp3) is 0.312. The maximum absolute atomic E-state index is 11.9. The molecule has 22 heavy (non-hydrogen) atoms. The van der Waals surface area contributed by atoms with E-state index >= 15 is 0 Å². The molecule has 2 aromatic carbocycles. The van der Waals surface area contributed by atoms with Crippen molar-refractivity contribution >= 4 is 52.4 Å². The number of halogens is 2. The second-order valence-electron chi connectivity index (χ2n) is 4.88. The van der Waals surface area contributed by atoms with Gasteiger partial charge in [0.2, 0.25) is 5.91 Å².